The van der Waals surface area contributed by atoms with Gasteiger partial charge in [-0.3, -0.25) is 5.32 Å². The number of anilines is 1. The molecule has 4 rings (SSSR count). The van der Waals surface area contributed by atoms with Crippen molar-refractivity contribution in [3.63, 3.8) is 0 Å². The van der Waals surface area contributed by atoms with Crippen LogP contribution in [0.5, 0.6) is 0 Å². The van der Waals surface area contributed by atoms with Gasteiger partial charge in [0.15, 0.2) is 5.13 Å². The standard InChI is InChI=1S/C21H17N3O3S/c1-27-19(25)14-9-10-17-18(11-14)28-21(23-17)24-20(26)22-12-15-7-4-6-13-5-2-3-8-16(13)15/h2-11H,12H2,1H3,(H2,22,23,24,26). The monoisotopic (exact) mass is 391 g/mol. The van der Waals surface area contributed by atoms with E-state index in [0.29, 0.717) is 22.8 Å². The van der Waals surface area contributed by atoms with Crippen molar-refractivity contribution in [3.8, 4) is 0 Å². The number of urea groups is 1. The van der Waals surface area contributed by atoms with E-state index in [-0.39, 0.29) is 6.03 Å². The van der Waals surface area contributed by atoms with E-state index in [0.717, 1.165) is 21.0 Å². The number of rotatable bonds is 4. The lowest BCUT2D eigenvalue weighted by Crippen LogP contribution is -2.28. The predicted octanol–water partition coefficient (Wildman–Crippen LogP) is 4.56. The number of ether oxygens (including phenoxy) is 1. The van der Waals surface area contributed by atoms with Gasteiger partial charge >= 0.3 is 12.0 Å². The van der Waals surface area contributed by atoms with Crippen molar-refractivity contribution in [3.05, 3.63) is 71.8 Å². The summed E-state index contributed by atoms with van der Waals surface area (Å²) in [5, 5.41) is 8.33. The summed E-state index contributed by atoms with van der Waals surface area (Å²) in [6.45, 7) is 0.407. The molecule has 3 aromatic carbocycles. The van der Waals surface area contributed by atoms with E-state index in [1.54, 1.807) is 18.2 Å². The van der Waals surface area contributed by atoms with Crippen molar-refractivity contribution < 1.29 is 14.3 Å². The second-order valence-corrected chi connectivity index (χ2v) is 7.17. The normalized spacial score (nSPS) is 10.8. The number of thiazole rings is 1. The first kappa shape index (κ1) is 17.9. The summed E-state index contributed by atoms with van der Waals surface area (Å²) in [4.78, 5) is 28.3. The van der Waals surface area contributed by atoms with Gasteiger partial charge in [0.2, 0.25) is 0 Å². The molecule has 2 N–H and O–H groups in total. The Morgan fingerprint density at radius 3 is 2.75 bits per heavy atom. The van der Waals surface area contributed by atoms with E-state index in [9.17, 15) is 9.59 Å². The Morgan fingerprint density at radius 1 is 1.07 bits per heavy atom. The average Bonchev–Trinajstić information content (AvgIpc) is 3.12. The summed E-state index contributed by atoms with van der Waals surface area (Å²) in [7, 11) is 1.34. The molecule has 0 radical (unpaired) electrons. The molecule has 0 bridgehead atoms. The highest BCUT2D eigenvalue weighted by Gasteiger charge is 2.11. The van der Waals surface area contributed by atoms with Gasteiger partial charge in [0.05, 0.1) is 22.9 Å². The van der Waals surface area contributed by atoms with Gasteiger partial charge in [-0.25, -0.2) is 14.6 Å². The highest BCUT2D eigenvalue weighted by atomic mass is 32.1. The quantitative estimate of drug-likeness (QED) is 0.500. The van der Waals surface area contributed by atoms with Crippen LogP contribution in [0.4, 0.5) is 9.93 Å². The highest BCUT2D eigenvalue weighted by molar-refractivity contribution is 7.22. The molecule has 7 heteroatoms. The molecule has 0 aliphatic rings. The topological polar surface area (TPSA) is 80.3 Å². The van der Waals surface area contributed by atoms with Crippen LogP contribution >= 0.6 is 11.3 Å². The lowest BCUT2D eigenvalue weighted by atomic mass is 10.0. The van der Waals surface area contributed by atoms with Crippen LogP contribution in [0.25, 0.3) is 21.0 Å². The minimum atomic E-state index is -0.405. The molecule has 0 spiro atoms. The van der Waals surface area contributed by atoms with Crippen LogP contribution in [0.1, 0.15) is 15.9 Å². The first-order valence-corrected chi connectivity index (χ1v) is 9.46. The van der Waals surface area contributed by atoms with E-state index in [1.165, 1.54) is 18.4 Å². The second kappa shape index (κ2) is 7.66. The van der Waals surface area contributed by atoms with Crippen molar-refractivity contribution in [2.24, 2.45) is 0 Å². The van der Waals surface area contributed by atoms with Crippen LogP contribution in [-0.4, -0.2) is 24.1 Å². The molecule has 4 aromatic rings. The maximum Gasteiger partial charge on any atom is 0.337 e. The Bertz CT molecular complexity index is 1180. The molecule has 6 nitrogen and oxygen atoms in total. The Kier molecular flexibility index (Phi) is 4.90. The van der Waals surface area contributed by atoms with Crippen LogP contribution in [0, 0.1) is 0 Å². The van der Waals surface area contributed by atoms with Crippen LogP contribution in [0.2, 0.25) is 0 Å². The second-order valence-electron chi connectivity index (χ2n) is 6.14. The Labute approximate surface area is 165 Å². The molecule has 140 valence electrons. The summed E-state index contributed by atoms with van der Waals surface area (Å²) in [6.07, 6.45) is 0. The maximum atomic E-state index is 12.3. The molecule has 0 aliphatic carbocycles. The van der Waals surface area contributed by atoms with Crippen LogP contribution < -0.4 is 10.6 Å². The van der Waals surface area contributed by atoms with Gasteiger partial charge in [-0.05, 0) is 34.5 Å². The molecule has 1 heterocycles. The molecule has 0 saturated heterocycles. The number of aromatic nitrogens is 1. The molecule has 0 unspecified atom stereocenters. The summed E-state index contributed by atoms with van der Waals surface area (Å²) < 4.78 is 5.52. The Hall–Kier alpha value is -3.45. The van der Waals surface area contributed by atoms with Crippen molar-refractivity contribution in [2.75, 3.05) is 12.4 Å². The molecule has 0 atom stereocenters. The smallest absolute Gasteiger partial charge is 0.337 e. The van der Waals surface area contributed by atoms with Crippen LogP contribution in [-0.2, 0) is 11.3 Å². The number of amides is 2. The van der Waals surface area contributed by atoms with E-state index < -0.39 is 5.97 Å². The summed E-state index contributed by atoms with van der Waals surface area (Å²) >= 11 is 1.30. The van der Waals surface area contributed by atoms with Crippen molar-refractivity contribution in [2.45, 2.75) is 6.54 Å². The number of carbonyl (C=O) groups excluding carboxylic acids is 2. The van der Waals surface area contributed by atoms with Gasteiger partial charge in [-0.15, -0.1) is 0 Å². The molecule has 28 heavy (non-hydrogen) atoms. The van der Waals surface area contributed by atoms with Gasteiger partial charge in [-0.2, -0.15) is 0 Å². The molecule has 0 saturated carbocycles. The van der Waals surface area contributed by atoms with Crippen molar-refractivity contribution in [1.82, 2.24) is 10.3 Å². The zero-order chi connectivity index (χ0) is 19.5. The Morgan fingerprint density at radius 2 is 1.89 bits per heavy atom. The number of hydrogen-bond donors (Lipinski definition) is 2. The highest BCUT2D eigenvalue weighted by Crippen LogP contribution is 2.27. The van der Waals surface area contributed by atoms with Gasteiger partial charge in [0, 0.05) is 6.54 Å². The largest absolute Gasteiger partial charge is 0.465 e. The van der Waals surface area contributed by atoms with Crippen LogP contribution in [0.15, 0.2) is 60.7 Å². The van der Waals surface area contributed by atoms with E-state index >= 15 is 0 Å². The number of esters is 1. The molecule has 2 amide bonds. The molecular formula is C21H17N3O3S. The van der Waals surface area contributed by atoms with Gasteiger partial charge in [0.25, 0.3) is 0 Å². The number of nitrogens with zero attached hydrogens (tertiary/aromatic N) is 1. The van der Waals surface area contributed by atoms with E-state index in [2.05, 4.69) is 15.6 Å². The van der Waals surface area contributed by atoms with Gasteiger partial charge in [0.1, 0.15) is 0 Å². The van der Waals surface area contributed by atoms with Crippen molar-refractivity contribution >= 4 is 49.5 Å². The fourth-order valence-corrected chi connectivity index (χ4v) is 3.89. The number of fused-ring (bicyclic) bond motifs is 2. The molecule has 1 aromatic heterocycles. The first-order chi connectivity index (χ1) is 13.6. The molecule has 0 fully saturated rings. The van der Waals surface area contributed by atoms with Crippen molar-refractivity contribution in [1.29, 1.82) is 0 Å². The predicted molar refractivity (Wildman–Crippen MR) is 111 cm³/mol. The number of benzene rings is 3. The number of methoxy groups -OCH3 is 1. The summed E-state index contributed by atoms with van der Waals surface area (Å²) in [6, 6.07) is 18.8. The first-order valence-electron chi connectivity index (χ1n) is 8.64. The summed E-state index contributed by atoms with van der Waals surface area (Å²) in [5.74, 6) is -0.405. The third-order valence-corrected chi connectivity index (χ3v) is 5.28. The third-order valence-electron chi connectivity index (χ3n) is 4.35. The minimum Gasteiger partial charge on any atom is -0.465 e. The maximum absolute atomic E-state index is 12.3. The fraction of sp³-hybridized carbons (Fsp3) is 0.0952. The third kappa shape index (κ3) is 3.65. The zero-order valence-corrected chi connectivity index (χ0v) is 15.9. The lowest BCUT2D eigenvalue weighted by Gasteiger charge is -2.08. The lowest BCUT2D eigenvalue weighted by molar-refractivity contribution is 0.0601. The average molecular weight is 391 g/mol. The van der Waals surface area contributed by atoms with Gasteiger partial charge < -0.3 is 10.1 Å². The fourth-order valence-electron chi connectivity index (χ4n) is 2.99. The molecular weight excluding hydrogens is 374 g/mol. The number of carbonyl (C=O) groups is 2. The Balaban J connectivity index is 1.45. The van der Waals surface area contributed by atoms with E-state index in [4.69, 9.17) is 4.74 Å². The number of hydrogen-bond acceptors (Lipinski definition) is 5. The summed E-state index contributed by atoms with van der Waals surface area (Å²) in [5.41, 5.74) is 2.20. The zero-order valence-electron chi connectivity index (χ0n) is 15.1. The SMILES string of the molecule is COC(=O)c1ccc2nc(NC(=O)NCc3cccc4ccccc34)sc2c1. The molecule has 0 aliphatic heterocycles. The van der Waals surface area contributed by atoms with Gasteiger partial charge in [-0.1, -0.05) is 53.8 Å². The minimum absolute atomic E-state index is 0.333. The number of nitrogens with one attached hydrogen (secondary N) is 2. The van der Waals surface area contributed by atoms with Crippen LogP contribution in [0.3, 0.4) is 0 Å². The van der Waals surface area contributed by atoms with E-state index in [1.807, 2.05) is 42.5 Å².